The first-order valence-electron chi connectivity index (χ1n) is 8.66. The predicted octanol–water partition coefficient (Wildman–Crippen LogP) is 3.20. The van der Waals surface area contributed by atoms with Crippen molar-refractivity contribution in [3.63, 3.8) is 0 Å². The van der Waals surface area contributed by atoms with Crippen molar-refractivity contribution in [2.24, 2.45) is 11.3 Å². The van der Waals surface area contributed by atoms with E-state index in [1.54, 1.807) is 0 Å². The van der Waals surface area contributed by atoms with Crippen LogP contribution in [-0.2, 0) is 4.79 Å². The summed E-state index contributed by atoms with van der Waals surface area (Å²) in [4.78, 5) is 15.2. The van der Waals surface area contributed by atoms with Crippen molar-refractivity contribution in [3.8, 4) is 0 Å². The Morgan fingerprint density at radius 2 is 1.85 bits per heavy atom. The number of nitrogens with one attached hydrogen (secondary N) is 1. The van der Waals surface area contributed by atoms with Crippen LogP contribution in [0, 0.1) is 11.3 Å². The van der Waals surface area contributed by atoms with Gasteiger partial charge in [-0.25, -0.2) is 0 Å². The lowest BCUT2D eigenvalue weighted by Crippen LogP contribution is -2.47. The molecule has 0 atom stereocenters. The summed E-state index contributed by atoms with van der Waals surface area (Å²) < 4.78 is 0. The van der Waals surface area contributed by atoms with Crippen LogP contribution in [-0.4, -0.2) is 37.0 Å². The number of hydrogen-bond donors (Lipinski definition) is 1. The van der Waals surface area contributed by atoms with E-state index in [2.05, 4.69) is 24.1 Å². The highest BCUT2D eigenvalue weighted by Crippen LogP contribution is 2.37. The van der Waals surface area contributed by atoms with E-state index in [1.807, 2.05) is 0 Å². The highest BCUT2D eigenvalue weighted by atomic mass is 16.2. The average molecular weight is 280 g/mol. The SMILES string of the molecule is CCCN(CC1CCNCC1)C(=O)C1(C)CCCCC1. The molecule has 2 aliphatic rings. The van der Waals surface area contributed by atoms with Gasteiger partial charge in [-0.2, -0.15) is 0 Å². The van der Waals surface area contributed by atoms with Crippen LogP contribution in [0.15, 0.2) is 0 Å². The van der Waals surface area contributed by atoms with Gasteiger partial charge in [0, 0.05) is 18.5 Å². The fourth-order valence-corrected chi connectivity index (χ4v) is 3.85. The van der Waals surface area contributed by atoms with Crippen LogP contribution in [0.3, 0.4) is 0 Å². The Hall–Kier alpha value is -0.570. The molecular weight excluding hydrogens is 248 g/mol. The van der Waals surface area contributed by atoms with E-state index in [4.69, 9.17) is 0 Å². The second-order valence-electron chi connectivity index (χ2n) is 7.07. The largest absolute Gasteiger partial charge is 0.342 e. The van der Waals surface area contributed by atoms with Crippen molar-refractivity contribution in [2.75, 3.05) is 26.2 Å². The lowest BCUT2D eigenvalue weighted by molar-refractivity contribution is -0.144. The Kier molecular flexibility index (Phi) is 5.88. The second kappa shape index (κ2) is 7.44. The number of hydrogen-bond acceptors (Lipinski definition) is 2. The van der Waals surface area contributed by atoms with Crippen LogP contribution < -0.4 is 5.32 Å². The van der Waals surface area contributed by atoms with Gasteiger partial charge in [0.05, 0.1) is 0 Å². The van der Waals surface area contributed by atoms with Crippen LogP contribution >= 0.6 is 0 Å². The minimum absolute atomic E-state index is 0.0691. The fraction of sp³-hybridized carbons (Fsp3) is 0.941. The lowest BCUT2D eigenvalue weighted by Gasteiger charge is -2.39. The standard InChI is InChI=1S/C17H32N2O/c1-3-13-19(14-15-7-11-18-12-8-15)16(20)17(2)9-5-4-6-10-17/h15,18H,3-14H2,1-2H3. The topological polar surface area (TPSA) is 32.3 Å². The van der Waals surface area contributed by atoms with E-state index in [-0.39, 0.29) is 5.41 Å². The van der Waals surface area contributed by atoms with Gasteiger partial charge in [0.15, 0.2) is 0 Å². The molecule has 2 fully saturated rings. The molecule has 1 amide bonds. The van der Waals surface area contributed by atoms with Gasteiger partial charge in [-0.05, 0) is 51.1 Å². The third kappa shape index (κ3) is 3.97. The van der Waals surface area contributed by atoms with Gasteiger partial charge in [0.25, 0.3) is 0 Å². The van der Waals surface area contributed by atoms with Crippen molar-refractivity contribution < 1.29 is 4.79 Å². The summed E-state index contributed by atoms with van der Waals surface area (Å²) in [5.74, 6) is 1.15. The Labute approximate surface area is 124 Å². The number of carbonyl (C=O) groups excluding carboxylic acids is 1. The minimum atomic E-state index is -0.0691. The molecule has 1 aliphatic carbocycles. The number of amides is 1. The molecule has 1 heterocycles. The summed E-state index contributed by atoms with van der Waals surface area (Å²) in [7, 11) is 0. The molecule has 3 nitrogen and oxygen atoms in total. The van der Waals surface area contributed by atoms with Gasteiger partial charge in [0.2, 0.25) is 5.91 Å². The van der Waals surface area contributed by atoms with Gasteiger partial charge in [0.1, 0.15) is 0 Å². The molecule has 20 heavy (non-hydrogen) atoms. The average Bonchev–Trinajstić information content (AvgIpc) is 2.48. The van der Waals surface area contributed by atoms with Gasteiger partial charge < -0.3 is 10.2 Å². The molecule has 1 aliphatic heterocycles. The molecule has 0 spiro atoms. The molecule has 0 aromatic heterocycles. The van der Waals surface area contributed by atoms with Crippen LogP contribution in [0.2, 0.25) is 0 Å². The molecule has 0 aromatic carbocycles. The maximum Gasteiger partial charge on any atom is 0.228 e. The Morgan fingerprint density at radius 1 is 1.20 bits per heavy atom. The predicted molar refractivity (Wildman–Crippen MR) is 83.7 cm³/mol. The second-order valence-corrected chi connectivity index (χ2v) is 7.07. The minimum Gasteiger partial charge on any atom is -0.342 e. The molecule has 0 aromatic rings. The first-order valence-corrected chi connectivity index (χ1v) is 8.66. The number of piperidine rings is 1. The smallest absolute Gasteiger partial charge is 0.228 e. The zero-order valence-corrected chi connectivity index (χ0v) is 13.4. The molecule has 2 rings (SSSR count). The summed E-state index contributed by atoms with van der Waals surface area (Å²) in [5, 5.41) is 3.42. The Bertz CT molecular complexity index is 304. The summed E-state index contributed by atoms with van der Waals surface area (Å²) in [6, 6.07) is 0. The van der Waals surface area contributed by atoms with E-state index in [0.29, 0.717) is 11.8 Å². The van der Waals surface area contributed by atoms with E-state index < -0.39 is 0 Å². The zero-order valence-electron chi connectivity index (χ0n) is 13.4. The highest BCUT2D eigenvalue weighted by molar-refractivity contribution is 5.82. The van der Waals surface area contributed by atoms with Crippen LogP contribution in [0.25, 0.3) is 0 Å². The Balaban J connectivity index is 1.96. The monoisotopic (exact) mass is 280 g/mol. The van der Waals surface area contributed by atoms with Gasteiger partial charge in [-0.1, -0.05) is 33.1 Å². The van der Waals surface area contributed by atoms with E-state index in [1.165, 1.54) is 32.1 Å². The third-order valence-electron chi connectivity index (χ3n) is 5.19. The van der Waals surface area contributed by atoms with Gasteiger partial charge >= 0.3 is 0 Å². The molecule has 116 valence electrons. The molecule has 1 saturated heterocycles. The molecule has 1 saturated carbocycles. The molecular formula is C17H32N2O. The maximum absolute atomic E-state index is 13.0. The highest BCUT2D eigenvalue weighted by Gasteiger charge is 2.37. The maximum atomic E-state index is 13.0. The van der Waals surface area contributed by atoms with Crippen molar-refractivity contribution in [2.45, 2.75) is 65.2 Å². The molecule has 1 N–H and O–H groups in total. The molecule has 3 heteroatoms. The summed E-state index contributed by atoms with van der Waals surface area (Å²) >= 11 is 0. The fourth-order valence-electron chi connectivity index (χ4n) is 3.85. The quantitative estimate of drug-likeness (QED) is 0.839. The normalized spacial score (nSPS) is 23.5. The summed E-state index contributed by atoms with van der Waals surface area (Å²) in [6.07, 6.45) is 9.49. The van der Waals surface area contributed by atoms with E-state index in [0.717, 1.165) is 45.4 Å². The van der Waals surface area contributed by atoms with Gasteiger partial charge in [-0.3, -0.25) is 4.79 Å². The van der Waals surface area contributed by atoms with Crippen LogP contribution in [0.1, 0.15) is 65.2 Å². The van der Waals surface area contributed by atoms with Gasteiger partial charge in [-0.15, -0.1) is 0 Å². The van der Waals surface area contributed by atoms with Crippen LogP contribution in [0.5, 0.6) is 0 Å². The first-order chi connectivity index (χ1) is 9.65. The molecule has 0 bridgehead atoms. The van der Waals surface area contributed by atoms with Crippen molar-refractivity contribution in [1.82, 2.24) is 10.2 Å². The first kappa shape index (κ1) is 15.8. The van der Waals surface area contributed by atoms with Crippen molar-refractivity contribution >= 4 is 5.91 Å². The molecule has 0 unspecified atom stereocenters. The number of rotatable bonds is 5. The van der Waals surface area contributed by atoms with Crippen molar-refractivity contribution in [1.29, 1.82) is 0 Å². The number of nitrogens with zero attached hydrogens (tertiary/aromatic N) is 1. The molecule has 0 radical (unpaired) electrons. The Morgan fingerprint density at radius 3 is 2.45 bits per heavy atom. The van der Waals surface area contributed by atoms with Crippen molar-refractivity contribution in [3.05, 3.63) is 0 Å². The summed E-state index contributed by atoms with van der Waals surface area (Å²) in [5.41, 5.74) is -0.0691. The third-order valence-corrected chi connectivity index (χ3v) is 5.19. The number of carbonyl (C=O) groups is 1. The zero-order chi connectivity index (χ0) is 14.4. The summed E-state index contributed by atoms with van der Waals surface area (Å²) in [6.45, 7) is 8.57. The van der Waals surface area contributed by atoms with E-state index in [9.17, 15) is 4.79 Å². The van der Waals surface area contributed by atoms with E-state index >= 15 is 0 Å². The van der Waals surface area contributed by atoms with Crippen LogP contribution in [0.4, 0.5) is 0 Å². The lowest BCUT2D eigenvalue weighted by atomic mass is 9.74.